The maximum atomic E-state index is 5.67. The minimum Gasteiger partial charge on any atom is -0.311 e. The molecule has 0 saturated carbocycles. The summed E-state index contributed by atoms with van der Waals surface area (Å²) in [6.07, 6.45) is 8.00. The fraction of sp³-hybridized carbons (Fsp3) is 0.250. The highest BCUT2D eigenvalue weighted by molar-refractivity contribution is 5.38. The lowest BCUT2D eigenvalue weighted by Gasteiger charge is -2.21. The van der Waals surface area contributed by atoms with Gasteiger partial charge in [0, 0.05) is 6.20 Å². The Bertz CT molecular complexity index is 263. The van der Waals surface area contributed by atoms with Crippen molar-refractivity contribution in [1.29, 1.82) is 0 Å². The van der Waals surface area contributed by atoms with Crippen LogP contribution < -0.4 is 11.2 Å². The standard InChI is InChI=1S/C8H11N3/c1-6-3-2-4-11-7(6)5-8(9)10-11/h2-5,8,10H,9H2,1H3. The van der Waals surface area contributed by atoms with Gasteiger partial charge < -0.3 is 5.73 Å². The molecule has 0 aliphatic carbocycles. The predicted molar refractivity (Wildman–Crippen MR) is 43.9 cm³/mol. The number of allylic oxidation sites excluding steroid dienone is 3. The molecule has 11 heavy (non-hydrogen) atoms. The lowest BCUT2D eigenvalue weighted by Crippen LogP contribution is -2.39. The molecule has 1 atom stereocenters. The van der Waals surface area contributed by atoms with E-state index in [-0.39, 0.29) is 6.17 Å². The zero-order valence-corrected chi connectivity index (χ0v) is 6.41. The van der Waals surface area contributed by atoms with Crippen LogP contribution in [0.2, 0.25) is 0 Å². The molecule has 3 nitrogen and oxygen atoms in total. The Morgan fingerprint density at radius 3 is 3.18 bits per heavy atom. The van der Waals surface area contributed by atoms with E-state index in [1.54, 1.807) is 0 Å². The molecule has 2 rings (SSSR count). The van der Waals surface area contributed by atoms with Gasteiger partial charge in [-0.2, -0.15) is 0 Å². The molecule has 2 aliphatic heterocycles. The van der Waals surface area contributed by atoms with E-state index in [0.717, 1.165) is 0 Å². The van der Waals surface area contributed by atoms with E-state index < -0.39 is 0 Å². The minimum atomic E-state index is -0.0453. The van der Waals surface area contributed by atoms with Gasteiger partial charge in [0.05, 0.1) is 11.9 Å². The molecule has 0 aromatic carbocycles. The fourth-order valence-electron chi connectivity index (χ4n) is 1.32. The van der Waals surface area contributed by atoms with Crippen molar-refractivity contribution < 1.29 is 0 Å². The zero-order valence-electron chi connectivity index (χ0n) is 6.41. The number of rotatable bonds is 0. The van der Waals surface area contributed by atoms with Gasteiger partial charge in [-0.3, -0.25) is 5.01 Å². The summed E-state index contributed by atoms with van der Waals surface area (Å²) in [6, 6.07) is 0. The van der Waals surface area contributed by atoms with Crippen LogP contribution in [0.3, 0.4) is 0 Å². The van der Waals surface area contributed by atoms with Crippen LogP contribution in [0, 0.1) is 0 Å². The van der Waals surface area contributed by atoms with E-state index in [0.29, 0.717) is 0 Å². The van der Waals surface area contributed by atoms with Gasteiger partial charge in [0.25, 0.3) is 0 Å². The van der Waals surface area contributed by atoms with Crippen molar-refractivity contribution in [3.05, 3.63) is 35.7 Å². The predicted octanol–water partition coefficient (Wildman–Crippen LogP) is 0.449. The van der Waals surface area contributed by atoms with E-state index in [2.05, 4.69) is 18.4 Å². The van der Waals surface area contributed by atoms with Gasteiger partial charge in [-0.1, -0.05) is 6.08 Å². The molecule has 3 N–H and O–H groups in total. The number of hydrazine groups is 1. The zero-order chi connectivity index (χ0) is 7.84. The third kappa shape index (κ3) is 0.982. The van der Waals surface area contributed by atoms with Crippen molar-refractivity contribution in [2.24, 2.45) is 5.73 Å². The molecule has 0 saturated heterocycles. The molecule has 3 heteroatoms. The largest absolute Gasteiger partial charge is 0.311 e. The Labute approximate surface area is 65.8 Å². The summed E-state index contributed by atoms with van der Waals surface area (Å²) in [7, 11) is 0. The first kappa shape index (κ1) is 6.64. The number of hydrogen-bond acceptors (Lipinski definition) is 3. The first-order valence-electron chi connectivity index (χ1n) is 3.65. The van der Waals surface area contributed by atoms with Crippen LogP contribution in [0.1, 0.15) is 6.92 Å². The van der Waals surface area contributed by atoms with Crippen LogP contribution in [0.15, 0.2) is 35.7 Å². The summed E-state index contributed by atoms with van der Waals surface area (Å²) in [4.78, 5) is 0. The number of nitrogens with zero attached hydrogens (tertiary/aromatic N) is 1. The molecule has 58 valence electrons. The monoisotopic (exact) mass is 149 g/mol. The summed E-state index contributed by atoms with van der Waals surface area (Å²) < 4.78 is 0. The summed E-state index contributed by atoms with van der Waals surface area (Å²) in [5.74, 6) is 0. The molecule has 0 fully saturated rings. The van der Waals surface area contributed by atoms with Gasteiger partial charge in [0.2, 0.25) is 0 Å². The van der Waals surface area contributed by atoms with Crippen LogP contribution in [0.5, 0.6) is 0 Å². The van der Waals surface area contributed by atoms with E-state index >= 15 is 0 Å². The van der Waals surface area contributed by atoms with E-state index in [1.807, 2.05) is 23.4 Å². The molecule has 0 aromatic rings. The second-order valence-corrected chi connectivity index (χ2v) is 2.77. The maximum Gasteiger partial charge on any atom is 0.0942 e. The molecule has 0 spiro atoms. The van der Waals surface area contributed by atoms with Gasteiger partial charge in [-0.15, -0.1) is 0 Å². The maximum absolute atomic E-state index is 5.67. The van der Waals surface area contributed by atoms with Gasteiger partial charge in [-0.25, -0.2) is 5.43 Å². The Kier molecular flexibility index (Phi) is 1.34. The molecule has 2 heterocycles. The normalized spacial score (nSPS) is 28.2. The van der Waals surface area contributed by atoms with Gasteiger partial charge in [0.15, 0.2) is 0 Å². The molecule has 0 radical (unpaired) electrons. The van der Waals surface area contributed by atoms with Crippen LogP contribution in [0.25, 0.3) is 0 Å². The highest BCUT2D eigenvalue weighted by Crippen LogP contribution is 2.21. The fourth-order valence-corrected chi connectivity index (χ4v) is 1.32. The first-order valence-corrected chi connectivity index (χ1v) is 3.65. The van der Waals surface area contributed by atoms with E-state index in [4.69, 9.17) is 5.73 Å². The molecule has 0 aromatic heterocycles. The second-order valence-electron chi connectivity index (χ2n) is 2.77. The molecule has 0 amide bonds. The quantitative estimate of drug-likeness (QED) is 0.525. The van der Waals surface area contributed by atoms with Crippen LogP contribution >= 0.6 is 0 Å². The smallest absolute Gasteiger partial charge is 0.0942 e. The third-order valence-corrected chi connectivity index (χ3v) is 1.87. The molecular formula is C8H11N3. The van der Waals surface area contributed by atoms with Crippen LogP contribution in [0.4, 0.5) is 0 Å². The Morgan fingerprint density at radius 2 is 2.45 bits per heavy atom. The third-order valence-electron chi connectivity index (χ3n) is 1.87. The lowest BCUT2D eigenvalue weighted by atomic mass is 10.1. The molecule has 2 aliphatic rings. The first-order chi connectivity index (χ1) is 5.27. The Hall–Kier alpha value is -1.06. The van der Waals surface area contributed by atoms with Crippen molar-refractivity contribution in [3.8, 4) is 0 Å². The SMILES string of the molecule is CC1=CC=CN2NC(N)C=C12. The Morgan fingerprint density at radius 1 is 1.64 bits per heavy atom. The highest BCUT2D eigenvalue weighted by atomic mass is 15.5. The van der Waals surface area contributed by atoms with Crippen molar-refractivity contribution in [1.82, 2.24) is 10.4 Å². The van der Waals surface area contributed by atoms with Gasteiger partial charge in [0.1, 0.15) is 0 Å². The van der Waals surface area contributed by atoms with Gasteiger partial charge in [-0.05, 0) is 24.6 Å². The van der Waals surface area contributed by atoms with Crippen molar-refractivity contribution in [2.75, 3.05) is 0 Å². The average Bonchev–Trinajstić information content (AvgIpc) is 2.31. The summed E-state index contributed by atoms with van der Waals surface area (Å²) in [5.41, 5.74) is 11.2. The number of nitrogens with two attached hydrogens (primary N) is 1. The summed E-state index contributed by atoms with van der Waals surface area (Å²) in [5, 5.41) is 1.94. The second kappa shape index (κ2) is 2.22. The number of hydrogen-bond donors (Lipinski definition) is 2. The van der Waals surface area contributed by atoms with Gasteiger partial charge >= 0.3 is 0 Å². The molecular weight excluding hydrogens is 138 g/mol. The number of nitrogens with one attached hydrogen (secondary N) is 1. The van der Waals surface area contributed by atoms with Crippen molar-refractivity contribution in [3.63, 3.8) is 0 Å². The average molecular weight is 149 g/mol. The van der Waals surface area contributed by atoms with E-state index in [9.17, 15) is 0 Å². The molecule has 1 unspecified atom stereocenters. The topological polar surface area (TPSA) is 41.3 Å². The highest BCUT2D eigenvalue weighted by Gasteiger charge is 2.20. The molecule has 0 bridgehead atoms. The van der Waals surface area contributed by atoms with Crippen molar-refractivity contribution in [2.45, 2.75) is 13.1 Å². The Balaban J connectivity index is 2.35. The minimum absolute atomic E-state index is 0.0453. The van der Waals surface area contributed by atoms with Crippen LogP contribution in [-0.2, 0) is 0 Å². The summed E-state index contributed by atoms with van der Waals surface area (Å²) >= 11 is 0. The number of fused-ring (bicyclic) bond motifs is 1. The van der Waals surface area contributed by atoms with Crippen LogP contribution in [-0.4, -0.2) is 11.2 Å². The summed E-state index contributed by atoms with van der Waals surface area (Å²) in [6.45, 7) is 2.07. The lowest BCUT2D eigenvalue weighted by molar-refractivity contribution is 0.350. The van der Waals surface area contributed by atoms with Crippen molar-refractivity contribution >= 4 is 0 Å². The van der Waals surface area contributed by atoms with E-state index in [1.165, 1.54) is 11.3 Å².